The molecule has 1 aromatic carbocycles. The molecule has 6 heteroatoms. The van der Waals surface area contributed by atoms with Crippen molar-refractivity contribution in [3.05, 3.63) is 23.8 Å². The lowest BCUT2D eigenvalue weighted by atomic mass is 10.0. The maximum absolute atomic E-state index is 12.7. The first-order valence-corrected chi connectivity index (χ1v) is 11.1. The third kappa shape index (κ3) is 4.01. The van der Waals surface area contributed by atoms with Crippen LogP contribution < -0.4 is 9.46 Å². The van der Waals surface area contributed by atoms with E-state index in [9.17, 15) is 8.42 Å². The zero-order valence-corrected chi connectivity index (χ0v) is 15.6. The van der Waals surface area contributed by atoms with Gasteiger partial charge in [-0.2, -0.15) is 0 Å². The van der Waals surface area contributed by atoms with E-state index in [1.54, 1.807) is 18.2 Å². The summed E-state index contributed by atoms with van der Waals surface area (Å²) >= 11 is 0. The highest BCUT2D eigenvalue weighted by molar-refractivity contribution is 7.89. The molecule has 1 N–H and O–H groups in total. The molecule has 1 saturated heterocycles. The molecule has 0 bridgehead atoms. The van der Waals surface area contributed by atoms with Gasteiger partial charge < -0.3 is 9.64 Å². The van der Waals surface area contributed by atoms with Crippen LogP contribution in [0.1, 0.15) is 44.1 Å². The van der Waals surface area contributed by atoms with Gasteiger partial charge in [-0.3, -0.25) is 0 Å². The van der Waals surface area contributed by atoms with Gasteiger partial charge in [0.1, 0.15) is 5.75 Å². The lowest BCUT2D eigenvalue weighted by Gasteiger charge is -2.33. The Morgan fingerprint density at radius 1 is 1.12 bits per heavy atom. The Morgan fingerprint density at radius 2 is 1.88 bits per heavy atom. The van der Waals surface area contributed by atoms with E-state index in [2.05, 4.69) is 9.62 Å². The normalized spacial score (nSPS) is 22.9. The first-order chi connectivity index (χ1) is 12.1. The van der Waals surface area contributed by atoms with Crippen LogP contribution in [0.5, 0.6) is 5.75 Å². The zero-order chi connectivity index (χ0) is 17.3. The number of likely N-dealkylation sites (tertiary alicyclic amines) is 1. The molecule has 2 heterocycles. The van der Waals surface area contributed by atoms with Gasteiger partial charge in [0, 0.05) is 19.0 Å². The SMILES string of the molecule is O=S(=O)(NC1CCN(CC2CCCC2)CC1)c1ccc2c(c1)CCO2. The summed E-state index contributed by atoms with van der Waals surface area (Å²) < 4.78 is 33.8. The Bertz CT molecular complexity index is 705. The number of piperidine rings is 1. The number of hydrogen-bond acceptors (Lipinski definition) is 4. The van der Waals surface area contributed by atoms with Gasteiger partial charge in [-0.15, -0.1) is 0 Å². The van der Waals surface area contributed by atoms with E-state index in [-0.39, 0.29) is 6.04 Å². The molecule has 0 amide bonds. The fourth-order valence-corrected chi connectivity index (χ4v) is 5.76. The molecule has 3 aliphatic rings. The number of nitrogens with one attached hydrogen (secondary N) is 1. The number of fused-ring (bicyclic) bond motifs is 1. The Hall–Kier alpha value is -1.11. The highest BCUT2D eigenvalue weighted by Gasteiger charge is 2.27. The van der Waals surface area contributed by atoms with Crippen molar-refractivity contribution in [1.82, 2.24) is 9.62 Å². The van der Waals surface area contributed by atoms with E-state index in [0.717, 1.165) is 49.6 Å². The maximum atomic E-state index is 12.7. The molecule has 0 atom stereocenters. The van der Waals surface area contributed by atoms with E-state index in [4.69, 9.17) is 4.74 Å². The van der Waals surface area contributed by atoms with Crippen molar-refractivity contribution in [2.24, 2.45) is 5.92 Å². The van der Waals surface area contributed by atoms with Gasteiger partial charge in [-0.25, -0.2) is 13.1 Å². The smallest absolute Gasteiger partial charge is 0.240 e. The number of sulfonamides is 1. The van der Waals surface area contributed by atoms with Crippen LogP contribution in [-0.4, -0.2) is 45.6 Å². The molecule has 0 spiro atoms. The Balaban J connectivity index is 1.32. The molecule has 0 unspecified atom stereocenters. The molecule has 0 radical (unpaired) electrons. The average Bonchev–Trinajstić information content (AvgIpc) is 3.27. The highest BCUT2D eigenvalue weighted by atomic mass is 32.2. The maximum Gasteiger partial charge on any atom is 0.240 e. The minimum absolute atomic E-state index is 0.0503. The lowest BCUT2D eigenvalue weighted by Crippen LogP contribution is -2.45. The number of nitrogens with zero attached hydrogens (tertiary/aromatic N) is 1. The minimum Gasteiger partial charge on any atom is -0.493 e. The van der Waals surface area contributed by atoms with E-state index in [0.29, 0.717) is 11.5 Å². The molecule has 138 valence electrons. The first kappa shape index (κ1) is 17.3. The standard InChI is InChI=1S/C19H28N2O3S/c22-25(23,18-5-6-19-16(13-18)9-12-24-19)20-17-7-10-21(11-8-17)14-15-3-1-2-4-15/h5-6,13,15,17,20H,1-4,7-12,14H2. The van der Waals surface area contributed by atoms with Gasteiger partial charge in [0.25, 0.3) is 0 Å². The van der Waals surface area contributed by atoms with Crippen molar-refractivity contribution >= 4 is 10.0 Å². The molecular weight excluding hydrogens is 336 g/mol. The van der Waals surface area contributed by atoms with Crippen molar-refractivity contribution < 1.29 is 13.2 Å². The van der Waals surface area contributed by atoms with Crippen molar-refractivity contribution in [2.45, 2.75) is 55.9 Å². The highest BCUT2D eigenvalue weighted by Crippen LogP contribution is 2.29. The second-order valence-corrected chi connectivity index (χ2v) is 9.43. The van der Waals surface area contributed by atoms with E-state index in [1.165, 1.54) is 32.2 Å². The third-order valence-corrected chi connectivity index (χ3v) is 7.39. The Labute approximate surface area is 150 Å². The van der Waals surface area contributed by atoms with Crippen LogP contribution in [0, 0.1) is 5.92 Å². The summed E-state index contributed by atoms with van der Waals surface area (Å²) in [7, 11) is -3.45. The van der Waals surface area contributed by atoms with Gasteiger partial charge in [0.2, 0.25) is 10.0 Å². The molecule has 25 heavy (non-hydrogen) atoms. The third-order valence-electron chi connectivity index (χ3n) is 5.87. The molecule has 2 aliphatic heterocycles. The molecule has 0 aromatic heterocycles. The first-order valence-electron chi connectivity index (χ1n) is 9.60. The summed E-state index contributed by atoms with van der Waals surface area (Å²) in [4.78, 5) is 2.89. The second kappa shape index (κ2) is 7.25. The van der Waals surface area contributed by atoms with Gasteiger partial charge in [0.15, 0.2) is 0 Å². The quantitative estimate of drug-likeness (QED) is 0.872. The predicted octanol–water partition coefficient (Wildman–Crippen LogP) is 2.55. The predicted molar refractivity (Wildman–Crippen MR) is 97.4 cm³/mol. The van der Waals surface area contributed by atoms with Gasteiger partial charge >= 0.3 is 0 Å². The summed E-state index contributed by atoms with van der Waals surface area (Å²) in [6.45, 7) is 3.85. The van der Waals surface area contributed by atoms with E-state index < -0.39 is 10.0 Å². The minimum atomic E-state index is -3.45. The second-order valence-electron chi connectivity index (χ2n) is 7.71. The van der Waals surface area contributed by atoms with Gasteiger partial charge in [-0.05, 0) is 68.5 Å². The molecule has 1 saturated carbocycles. The van der Waals surface area contributed by atoms with Crippen LogP contribution in [0.25, 0.3) is 0 Å². The number of benzene rings is 1. The molecule has 5 nitrogen and oxygen atoms in total. The summed E-state index contributed by atoms with van der Waals surface area (Å²) in [6.07, 6.45) is 8.10. The summed E-state index contributed by atoms with van der Waals surface area (Å²) in [6, 6.07) is 5.25. The zero-order valence-electron chi connectivity index (χ0n) is 14.7. The van der Waals surface area contributed by atoms with Crippen LogP contribution in [0.2, 0.25) is 0 Å². The summed E-state index contributed by atoms with van der Waals surface area (Å²) in [5.41, 5.74) is 0.995. The number of hydrogen-bond donors (Lipinski definition) is 1. The van der Waals surface area contributed by atoms with Crippen LogP contribution in [0.15, 0.2) is 23.1 Å². The van der Waals surface area contributed by atoms with E-state index in [1.807, 2.05) is 0 Å². The molecule has 1 aromatic rings. The Morgan fingerprint density at radius 3 is 2.64 bits per heavy atom. The molecule has 4 rings (SSSR count). The monoisotopic (exact) mass is 364 g/mol. The van der Waals surface area contributed by atoms with Crippen molar-refractivity contribution in [3.8, 4) is 5.75 Å². The van der Waals surface area contributed by atoms with E-state index >= 15 is 0 Å². The fourth-order valence-electron chi connectivity index (χ4n) is 4.41. The molecule has 1 aliphatic carbocycles. The summed E-state index contributed by atoms with van der Waals surface area (Å²) in [5.74, 6) is 1.68. The molecule has 2 fully saturated rings. The summed E-state index contributed by atoms with van der Waals surface area (Å²) in [5, 5.41) is 0. The van der Waals surface area contributed by atoms with Crippen LogP contribution >= 0.6 is 0 Å². The largest absolute Gasteiger partial charge is 0.493 e. The fraction of sp³-hybridized carbons (Fsp3) is 0.684. The topological polar surface area (TPSA) is 58.6 Å². The lowest BCUT2D eigenvalue weighted by molar-refractivity contribution is 0.180. The van der Waals surface area contributed by atoms with Gasteiger partial charge in [0.05, 0.1) is 11.5 Å². The van der Waals surface area contributed by atoms with Crippen LogP contribution in [-0.2, 0) is 16.4 Å². The number of rotatable bonds is 5. The van der Waals surface area contributed by atoms with Crippen LogP contribution in [0.3, 0.4) is 0 Å². The Kier molecular flexibility index (Phi) is 5.02. The van der Waals surface area contributed by atoms with Gasteiger partial charge in [-0.1, -0.05) is 12.8 Å². The van der Waals surface area contributed by atoms with Crippen molar-refractivity contribution in [3.63, 3.8) is 0 Å². The van der Waals surface area contributed by atoms with Crippen molar-refractivity contribution in [2.75, 3.05) is 26.2 Å². The number of ether oxygens (including phenoxy) is 1. The van der Waals surface area contributed by atoms with Crippen LogP contribution in [0.4, 0.5) is 0 Å². The van der Waals surface area contributed by atoms with Crippen molar-refractivity contribution in [1.29, 1.82) is 0 Å². The molecular formula is C19H28N2O3S. The average molecular weight is 365 g/mol.